The highest BCUT2D eigenvalue weighted by Gasteiger charge is 2.17. The maximum Gasteiger partial charge on any atom is 0.251 e. The first-order valence-electron chi connectivity index (χ1n) is 12.9. The lowest BCUT2D eigenvalue weighted by Gasteiger charge is -2.22. The molecule has 0 bridgehead atoms. The molecule has 204 valence electrons. The molecule has 0 radical (unpaired) electrons. The second-order valence-corrected chi connectivity index (χ2v) is 10.3. The zero-order valence-corrected chi connectivity index (χ0v) is 23.7. The van der Waals surface area contributed by atoms with Crippen LogP contribution in [0, 0.1) is 5.92 Å². The Morgan fingerprint density at radius 3 is 2.44 bits per heavy atom. The molecule has 0 spiro atoms. The number of anilines is 1. The van der Waals surface area contributed by atoms with Gasteiger partial charge in [-0.3, -0.25) is 4.79 Å². The lowest BCUT2D eigenvalue weighted by molar-refractivity contribution is 0.0949. The van der Waals surface area contributed by atoms with Crippen LogP contribution in [0.5, 0.6) is 17.2 Å². The molecule has 3 aromatic carbocycles. The van der Waals surface area contributed by atoms with Crippen LogP contribution in [0.2, 0.25) is 0 Å². The first-order chi connectivity index (χ1) is 19.0. The van der Waals surface area contributed by atoms with Crippen LogP contribution in [0.25, 0.3) is 11.3 Å². The average Bonchev–Trinajstić information content (AvgIpc) is 3.46. The third-order valence-corrected chi connectivity index (χ3v) is 6.98. The molecule has 4 rings (SSSR count). The molecule has 4 aromatic rings. The van der Waals surface area contributed by atoms with Crippen LogP contribution in [-0.2, 0) is 6.54 Å². The van der Waals surface area contributed by atoms with Gasteiger partial charge in [-0.05, 0) is 53.9 Å². The Bertz CT molecular complexity index is 1340. The summed E-state index contributed by atoms with van der Waals surface area (Å²) in [6.07, 6.45) is 0. The molecule has 0 unspecified atom stereocenters. The van der Waals surface area contributed by atoms with Crippen LogP contribution in [0.15, 0.2) is 78.2 Å². The Kier molecular flexibility index (Phi) is 9.80. The van der Waals surface area contributed by atoms with Gasteiger partial charge >= 0.3 is 0 Å². The second kappa shape index (κ2) is 13.7. The first-order valence-corrected chi connectivity index (χ1v) is 13.8. The SMILES string of the molecule is COc1ccc(OC)c(-c2csc(N(CCOc3ccccc3)Cc3ccc(C(=O)NCC(C)C)cc3)n2)c1. The van der Waals surface area contributed by atoms with Crippen molar-refractivity contribution < 1.29 is 19.0 Å². The van der Waals surface area contributed by atoms with E-state index in [2.05, 4.69) is 24.1 Å². The zero-order valence-electron chi connectivity index (χ0n) is 22.8. The van der Waals surface area contributed by atoms with Gasteiger partial charge in [0.25, 0.3) is 5.91 Å². The summed E-state index contributed by atoms with van der Waals surface area (Å²) in [5, 5.41) is 5.86. The number of carbonyl (C=O) groups excluding carboxylic acids is 1. The minimum atomic E-state index is -0.0554. The standard InChI is InChI=1S/C31H35N3O4S/c1-22(2)19-32-30(35)24-12-10-23(11-13-24)20-34(16-17-38-25-8-6-5-7-9-25)31-33-28(21-39-31)27-18-26(36-3)14-15-29(27)37-4/h5-15,18,21-22H,16-17,19-20H2,1-4H3,(H,32,35). The fourth-order valence-corrected chi connectivity index (χ4v) is 4.81. The molecule has 0 aliphatic heterocycles. The van der Waals surface area contributed by atoms with Gasteiger partial charge in [0.15, 0.2) is 5.13 Å². The number of rotatable bonds is 13. The molecule has 1 aromatic heterocycles. The van der Waals surface area contributed by atoms with Crippen LogP contribution < -0.4 is 24.4 Å². The Hall–Kier alpha value is -4.04. The number of hydrogen-bond donors (Lipinski definition) is 1. The number of methoxy groups -OCH3 is 2. The average molecular weight is 546 g/mol. The molecule has 7 nitrogen and oxygen atoms in total. The summed E-state index contributed by atoms with van der Waals surface area (Å²) in [6.45, 7) is 6.56. The van der Waals surface area contributed by atoms with Gasteiger partial charge in [0, 0.05) is 29.6 Å². The third-order valence-electron chi connectivity index (χ3n) is 6.08. The molecular weight excluding hydrogens is 510 g/mol. The van der Waals surface area contributed by atoms with Crippen molar-refractivity contribution in [3.63, 3.8) is 0 Å². The fraction of sp³-hybridized carbons (Fsp3) is 0.290. The predicted octanol–water partition coefficient (Wildman–Crippen LogP) is 6.30. The van der Waals surface area contributed by atoms with Gasteiger partial charge in [-0.2, -0.15) is 0 Å². The summed E-state index contributed by atoms with van der Waals surface area (Å²) >= 11 is 1.57. The Balaban J connectivity index is 1.54. The second-order valence-electron chi connectivity index (χ2n) is 9.47. The number of hydrogen-bond acceptors (Lipinski definition) is 7. The molecule has 1 amide bonds. The summed E-state index contributed by atoms with van der Waals surface area (Å²) in [6, 6.07) is 23.2. The Labute approximate surface area is 234 Å². The highest BCUT2D eigenvalue weighted by molar-refractivity contribution is 7.14. The van der Waals surface area contributed by atoms with E-state index in [9.17, 15) is 4.79 Å². The Morgan fingerprint density at radius 1 is 0.974 bits per heavy atom. The van der Waals surface area contributed by atoms with Crippen molar-refractivity contribution in [2.75, 3.05) is 38.8 Å². The normalized spacial score (nSPS) is 10.8. The van der Waals surface area contributed by atoms with E-state index in [1.54, 1.807) is 25.6 Å². The summed E-state index contributed by atoms with van der Waals surface area (Å²) in [5.41, 5.74) is 3.42. The number of aromatic nitrogens is 1. The largest absolute Gasteiger partial charge is 0.497 e. The van der Waals surface area contributed by atoms with Gasteiger partial charge < -0.3 is 24.4 Å². The van der Waals surface area contributed by atoms with E-state index in [0.29, 0.717) is 37.7 Å². The van der Waals surface area contributed by atoms with Crippen LogP contribution in [0.4, 0.5) is 5.13 Å². The van der Waals surface area contributed by atoms with Crippen molar-refractivity contribution in [1.29, 1.82) is 0 Å². The molecule has 0 aliphatic rings. The smallest absolute Gasteiger partial charge is 0.251 e. The van der Waals surface area contributed by atoms with Crippen LogP contribution in [-0.4, -0.2) is 44.8 Å². The molecule has 1 N–H and O–H groups in total. The lowest BCUT2D eigenvalue weighted by atomic mass is 10.1. The predicted molar refractivity (Wildman–Crippen MR) is 157 cm³/mol. The van der Waals surface area contributed by atoms with E-state index >= 15 is 0 Å². The number of carbonyl (C=O) groups is 1. The summed E-state index contributed by atoms with van der Waals surface area (Å²) in [5.74, 6) is 2.65. The van der Waals surface area contributed by atoms with Gasteiger partial charge in [0.05, 0.1) is 26.5 Å². The minimum absolute atomic E-state index is 0.0554. The van der Waals surface area contributed by atoms with Crippen LogP contribution in [0.3, 0.4) is 0 Å². The molecular formula is C31H35N3O4S. The van der Waals surface area contributed by atoms with Crippen molar-refractivity contribution in [1.82, 2.24) is 10.3 Å². The van der Waals surface area contributed by atoms with Crippen molar-refractivity contribution in [2.45, 2.75) is 20.4 Å². The van der Waals surface area contributed by atoms with E-state index in [4.69, 9.17) is 19.2 Å². The lowest BCUT2D eigenvalue weighted by Crippen LogP contribution is -2.28. The molecule has 0 aliphatic carbocycles. The van der Waals surface area contributed by atoms with Crippen LogP contribution in [0.1, 0.15) is 29.8 Å². The van der Waals surface area contributed by atoms with Crippen LogP contribution >= 0.6 is 11.3 Å². The van der Waals surface area contributed by atoms with Gasteiger partial charge in [-0.1, -0.05) is 44.2 Å². The van der Waals surface area contributed by atoms with E-state index in [0.717, 1.165) is 39.2 Å². The first kappa shape index (κ1) is 28.0. The number of thiazole rings is 1. The molecule has 1 heterocycles. The Morgan fingerprint density at radius 2 is 1.74 bits per heavy atom. The number of nitrogens with zero attached hydrogens (tertiary/aromatic N) is 2. The van der Waals surface area contributed by atoms with Gasteiger partial charge in [0.1, 0.15) is 23.9 Å². The minimum Gasteiger partial charge on any atom is -0.497 e. The summed E-state index contributed by atoms with van der Waals surface area (Å²) in [7, 11) is 3.30. The molecule has 0 saturated heterocycles. The molecule has 8 heteroatoms. The van der Waals surface area contributed by atoms with E-state index in [-0.39, 0.29) is 5.91 Å². The van der Waals surface area contributed by atoms with Crippen molar-refractivity contribution >= 4 is 22.4 Å². The third kappa shape index (κ3) is 7.74. The van der Waals surface area contributed by atoms with E-state index < -0.39 is 0 Å². The maximum absolute atomic E-state index is 12.5. The number of para-hydroxylation sites is 1. The van der Waals surface area contributed by atoms with Crippen molar-refractivity contribution in [3.8, 4) is 28.5 Å². The number of benzene rings is 3. The molecule has 0 saturated carbocycles. The number of nitrogens with one attached hydrogen (secondary N) is 1. The van der Waals surface area contributed by atoms with Crippen molar-refractivity contribution in [3.05, 3.63) is 89.3 Å². The topological polar surface area (TPSA) is 72.9 Å². The highest BCUT2D eigenvalue weighted by atomic mass is 32.1. The fourth-order valence-electron chi connectivity index (χ4n) is 3.96. The molecule has 0 atom stereocenters. The van der Waals surface area contributed by atoms with Gasteiger partial charge in [-0.15, -0.1) is 11.3 Å². The van der Waals surface area contributed by atoms with E-state index in [1.807, 2.05) is 78.2 Å². The number of ether oxygens (including phenoxy) is 3. The molecule has 0 fully saturated rings. The quantitative estimate of drug-likeness (QED) is 0.213. The summed E-state index contributed by atoms with van der Waals surface area (Å²) < 4.78 is 17.0. The maximum atomic E-state index is 12.5. The highest BCUT2D eigenvalue weighted by Crippen LogP contribution is 2.36. The monoisotopic (exact) mass is 545 g/mol. The summed E-state index contributed by atoms with van der Waals surface area (Å²) in [4.78, 5) is 19.6. The molecule has 39 heavy (non-hydrogen) atoms. The zero-order chi connectivity index (χ0) is 27.6. The number of amides is 1. The van der Waals surface area contributed by atoms with E-state index in [1.165, 1.54) is 0 Å². The van der Waals surface area contributed by atoms with Gasteiger partial charge in [-0.25, -0.2) is 4.98 Å². The van der Waals surface area contributed by atoms with Crippen molar-refractivity contribution in [2.24, 2.45) is 5.92 Å². The van der Waals surface area contributed by atoms with Gasteiger partial charge in [0.2, 0.25) is 0 Å².